The summed E-state index contributed by atoms with van der Waals surface area (Å²) in [7, 11) is 0. The van der Waals surface area contributed by atoms with Crippen LogP contribution in [-0.4, -0.2) is 33.8 Å². The highest BCUT2D eigenvalue weighted by Crippen LogP contribution is 2.28. The molecule has 1 aliphatic heterocycles. The highest BCUT2D eigenvalue weighted by atomic mass is 79.9. The molecule has 0 radical (unpaired) electrons. The molecule has 4 heteroatoms. The second-order valence-corrected chi connectivity index (χ2v) is 7.04. The Kier molecular flexibility index (Phi) is 3.59. The third-order valence-corrected chi connectivity index (χ3v) is 5.45. The zero-order valence-electron chi connectivity index (χ0n) is 12.1. The van der Waals surface area contributed by atoms with Gasteiger partial charge in [0.25, 0.3) is 0 Å². The van der Waals surface area contributed by atoms with E-state index in [2.05, 4.69) is 61.1 Å². The second kappa shape index (κ2) is 5.58. The van der Waals surface area contributed by atoms with Crippen LogP contribution in [0.15, 0.2) is 34.9 Å². The smallest absolute Gasteiger partial charge is 0.0649 e. The summed E-state index contributed by atoms with van der Waals surface area (Å²) in [6.07, 6.45) is 8.54. The third-order valence-electron chi connectivity index (χ3n) is 4.92. The lowest BCUT2D eigenvalue weighted by Crippen LogP contribution is -2.41. The zero-order chi connectivity index (χ0) is 14.2. The van der Waals surface area contributed by atoms with Gasteiger partial charge in [0.1, 0.15) is 0 Å². The molecule has 110 valence electrons. The van der Waals surface area contributed by atoms with Gasteiger partial charge in [0.2, 0.25) is 0 Å². The molecule has 2 heterocycles. The SMILES string of the molecule is Brc1ccc(-n2ncc3c2CCN(C2CCC2)CC3)cc1. The van der Waals surface area contributed by atoms with Gasteiger partial charge in [0.05, 0.1) is 11.9 Å². The molecule has 1 aromatic carbocycles. The van der Waals surface area contributed by atoms with Crippen LogP contribution in [-0.2, 0) is 12.8 Å². The van der Waals surface area contributed by atoms with Gasteiger partial charge in [-0.3, -0.25) is 4.90 Å². The van der Waals surface area contributed by atoms with Gasteiger partial charge >= 0.3 is 0 Å². The molecule has 2 aliphatic rings. The Morgan fingerprint density at radius 2 is 1.81 bits per heavy atom. The lowest BCUT2D eigenvalue weighted by molar-refractivity contribution is 0.133. The van der Waals surface area contributed by atoms with E-state index in [1.54, 1.807) is 0 Å². The lowest BCUT2D eigenvalue weighted by Gasteiger charge is -2.36. The van der Waals surface area contributed by atoms with Crippen LogP contribution in [0.4, 0.5) is 0 Å². The van der Waals surface area contributed by atoms with Crippen LogP contribution < -0.4 is 0 Å². The van der Waals surface area contributed by atoms with Gasteiger partial charge in [-0.1, -0.05) is 22.4 Å². The Hall–Kier alpha value is -1.13. The number of hydrogen-bond donors (Lipinski definition) is 0. The molecular formula is C17H20BrN3. The number of rotatable bonds is 2. The van der Waals surface area contributed by atoms with Crippen LogP contribution in [0.2, 0.25) is 0 Å². The summed E-state index contributed by atoms with van der Waals surface area (Å²) in [5.74, 6) is 0. The Bertz CT molecular complexity index is 628. The fourth-order valence-corrected chi connectivity index (χ4v) is 3.69. The fourth-order valence-electron chi connectivity index (χ4n) is 3.43. The molecule has 4 rings (SSSR count). The first-order chi connectivity index (χ1) is 10.3. The van der Waals surface area contributed by atoms with E-state index in [0.717, 1.165) is 29.0 Å². The molecule has 3 nitrogen and oxygen atoms in total. The first kappa shape index (κ1) is 13.5. The summed E-state index contributed by atoms with van der Waals surface area (Å²) in [6, 6.07) is 9.28. The third kappa shape index (κ3) is 2.55. The van der Waals surface area contributed by atoms with Gasteiger partial charge in [0.15, 0.2) is 0 Å². The van der Waals surface area contributed by atoms with E-state index in [9.17, 15) is 0 Å². The summed E-state index contributed by atoms with van der Waals surface area (Å²) < 4.78 is 3.24. The molecule has 1 fully saturated rings. The Labute approximate surface area is 134 Å². The van der Waals surface area contributed by atoms with Gasteiger partial charge in [0, 0.05) is 35.7 Å². The van der Waals surface area contributed by atoms with Crippen LogP contribution in [0.25, 0.3) is 5.69 Å². The molecule has 0 unspecified atom stereocenters. The van der Waals surface area contributed by atoms with Gasteiger partial charge in [-0.05, 0) is 49.1 Å². The molecule has 0 spiro atoms. The number of halogens is 1. The summed E-state index contributed by atoms with van der Waals surface area (Å²) >= 11 is 3.50. The predicted octanol–water partition coefficient (Wildman–Crippen LogP) is 3.59. The summed E-state index contributed by atoms with van der Waals surface area (Å²) in [5, 5.41) is 4.63. The van der Waals surface area contributed by atoms with Crippen molar-refractivity contribution in [1.82, 2.24) is 14.7 Å². The minimum atomic E-state index is 0.850. The maximum Gasteiger partial charge on any atom is 0.0649 e. The van der Waals surface area contributed by atoms with Crippen molar-refractivity contribution in [3.63, 3.8) is 0 Å². The van der Waals surface area contributed by atoms with E-state index in [1.807, 2.05) is 0 Å². The second-order valence-electron chi connectivity index (χ2n) is 6.13. The minimum Gasteiger partial charge on any atom is -0.300 e. The maximum absolute atomic E-state index is 4.63. The first-order valence-corrected chi connectivity index (χ1v) is 8.66. The average molecular weight is 346 g/mol. The molecule has 0 saturated heterocycles. The molecule has 21 heavy (non-hydrogen) atoms. The van der Waals surface area contributed by atoms with Crippen molar-refractivity contribution in [2.75, 3.05) is 13.1 Å². The standard InChI is InChI=1S/C17H20BrN3/c18-14-4-6-16(7-5-14)21-17-9-11-20(15-2-1-3-15)10-8-13(17)12-19-21/h4-7,12,15H,1-3,8-11H2. The normalized spacial score (nSPS) is 19.9. The van der Waals surface area contributed by atoms with Crippen LogP contribution in [0, 0.1) is 0 Å². The number of benzene rings is 1. The molecule has 0 amide bonds. The fraction of sp³-hybridized carbons (Fsp3) is 0.471. The van der Waals surface area contributed by atoms with Gasteiger partial charge in [-0.2, -0.15) is 5.10 Å². The molecule has 0 N–H and O–H groups in total. The molecule has 1 aromatic heterocycles. The van der Waals surface area contributed by atoms with Crippen molar-refractivity contribution >= 4 is 15.9 Å². The van der Waals surface area contributed by atoms with Crippen molar-refractivity contribution < 1.29 is 0 Å². The van der Waals surface area contributed by atoms with E-state index >= 15 is 0 Å². The van der Waals surface area contributed by atoms with Crippen molar-refractivity contribution in [3.05, 3.63) is 46.2 Å². The summed E-state index contributed by atoms with van der Waals surface area (Å²) in [5.41, 5.74) is 4.00. The van der Waals surface area contributed by atoms with Crippen LogP contribution >= 0.6 is 15.9 Å². The van der Waals surface area contributed by atoms with Gasteiger partial charge in [-0.25, -0.2) is 4.68 Å². The minimum absolute atomic E-state index is 0.850. The number of nitrogens with zero attached hydrogens (tertiary/aromatic N) is 3. The molecule has 0 bridgehead atoms. The van der Waals surface area contributed by atoms with Crippen LogP contribution in [0.3, 0.4) is 0 Å². The summed E-state index contributed by atoms with van der Waals surface area (Å²) in [4.78, 5) is 2.69. The lowest BCUT2D eigenvalue weighted by atomic mass is 9.91. The predicted molar refractivity (Wildman–Crippen MR) is 87.9 cm³/mol. The topological polar surface area (TPSA) is 21.1 Å². The molecule has 2 aromatic rings. The van der Waals surface area contributed by atoms with E-state index in [0.29, 0.717) is 0 Å². The van der Waals surface area contributed by atoms with Crippen molar-refractivity contribution in [2.24, 2.45) is 0 Å². The highest BCUT2D eigenvalue weighted by molar-refractivity contribution is 9.10. The molecular weight excluding hydrogens is 326 g/mol. The summed E-state index contributed by atoms with van der Waals surface area (Å²) in [6.45, 7) is 2.38. The Balaban J connectivity index is 1.59. The maximum atomic E-state index is 4.63. The molecule has 0 atom stereocenters. The molecule has 1 saturated carbocycles. The van der Waals surface area contributed by atoms with Crippen molar-refractivity contribution in [3.8, 4) is 5.69 Å². The average Bonchev–Trinajstić information content (AvgIpc) is 2.73. The Morgan fingerprint density at radius 1 is 1.05 bits per heavy atom. The molecule has 1 aliphatic carbocycles. The quantitative estimate of drug-likeness (QED) is 0.829. The number of aromatic nitrogens is 2. The highest BCUT2D eigenvalue weighted by Gasteiger charge is 2.27. The first-order valence-electron chi connectivity index (χ1n) is 7.87. The van der Waals surface area contributed by atoms with Gasteiger partial charge in [-0.15, -0.1) is 0 Å². The van der Waals surface area contributed by atoms with E-state index < -0.39 is 0 Å². The van der Waals surface area contributed by atoms with Crippen molar-refractivity contribution in [2.45, 2.75) is 38.1 Å². The van der Waals surface area contributed by atoms with E-state index in [1.165, 1.54) is 43.6 Å². The van der Waals surface area contributed by atoms with E-state index in [-0.39, 0.29) is 0 Å². The van der Waals surface area contributed by atoms with Crippen LogP contribution in [0.1, 0.15) is 30.5 Å². The number of hydrogen-bond acceptors (Lipinski definition) is 2. The van der Waals surface area contributed by atoms with Crippen molar-refractivity contribution in [1.29, 1.82) is 0 Å². The monoisotopic (exact) mass is 345 g/mol. The zero-order valence-corrected chi connectivity index (χ0v) is 13.7. The van der Waals surface area contributed by atoms with E-state index in [4.69, 9.17) is 0 Å². The van der Waals surface area contributed by atoms with Gasteiger partial charge < -0.3 is 0 Å². The largest absolute Gasteiger partial charge is 0.300 e. The van der Waals surface area contributed by atoms with Crippen LogP contribution in [0.5, 0.6) is 0 Å². The Morgan fingerprint density at radius 3 is 2.52 bits per heavy atom. The number of fused-ring (bicyclic) bond motifs is 1.